The lowest BCUT2D eigenvalue weighted by atomic mass is 10.1. The molecule has 2 fully saturated rings. The standard InChI is InChI=1S/2C10H22N2/c1-9(2)12-7-5-3-4-6-10(12)8-11;1-2-7-12-8-5-3-4-6-10(12)9-11/h9-10H,3-8,11H2,1-2H3;10H,2-9,11H2,1H3. The van der Waals surface area contributed by atoms with Crippen molar-refractivity contribution in [2.24, 2.45) is 11.5 Å². The minimum Gasteiger partial charge on any atom is -0.329 e. The second-order valence-corrected chi connectivity index (χ2v) is 7.85. The first kappa shape index (κ1) is 21.9. The van der Waals surface area contributed by atoms with Gasteiger partial charge in [-0.25, -0.2) is 0 Å². The van der Waals surface area contributed by atoms with Crippen molar-refractivity contribution < 1.29 is 0 Å². The summed E-state index contributed by atoms with van der Waals surface area (Å²) in [6.45, 7) is 12.2. The normalized spacial score (nSPS) is 27.2. The Morgan fingerprint density at radius 3 is 1.96 bits per heavy atom. The van der Waals surface area contributed by atoms with E-state index in [2.05, 4.69) is 30.6 Å². The van der Waals surface area contributed by atoms with Gasteiger partial charge in [0, 0.05) is 31.2 Å². The molecule has 2 aliphatic rings. The molecule has 2 saturated heterocycles. The first-order chi connectivity index (χ1) is 11.6. The van der Waals surface area contributed by atoms with Crippen LogP contribution in [-0.4, -0.2) is 60.6 Å². The van der Waals surface area contributed by atoms with Crippen LogP contribution in [0.5, 0.6) is 0 Å². The maximum Gasteiger partial charge on any atom is 0.0221 e. The Balaban J connectivity index is 0.000000240. The maximum atomic E-state index is 5.76. The van der Waals surface area contributed by atoms with Crippen molar-refractivity contribution in [2.45, 2.75) is 96.7 Å². The van der Waals surface area contributed by atoms with Gasteiger partial charge in [0.2, 0.25) is 0 Å². The molecule has 0 bridgehead atoms. The summed E-state index contributed by atoms with van der Waals surface area (Å²) >= 11 is 0. The highest BCUT2D eigenvalue weighted by atomic mass is 15.2. The van der Waals surface area contributed by atoms with Gasteiger partial charge in [-0.15, -0.1) is 0 Å². The molecular weight excluding hydrogens is 296 g/mol. The second kappa shape index (κ2) is 13.1. The van der Waals surface area contributed by atoms with Crippen LogP contribution in [0.1, 0.15) is 78.6 Å². The number of hydrogen-bond donors (Lipinski definition) is 2. The van der Waals surface area contributed by atoms with Crippen LogP contribution in [0.25, 0.3) is 0 Å². The molecule has 0 saturated carbocycles. The van der Waals surface area contributed by atoms with E-state index in [1.165, 1.54) is 77.4 Å². The van der Waals surface area contributed by atoms with E-state index in [1.807, 2.05) is 0 Å². The summed E-state index contributed by atoms with van der Waals surface area (Å²) in [5, 5.41) is 0. The van der Waals surface area contributed by atoms with Crippen molar-refractivity contribution in [2.75, 3.05) is 32.7 Å². The van der Waals surface area contributed by atoms with E-state index in [4.69, 9.17) is 11.5 Å². The summed E-state index contributed by atoms with van der Waals surface area (Å²) < 4.78 is 0. The molecule has 0 spiro atoms. The zero-order valence-corrected chi connectivity index (χ0v) is 16.7. The molecule has 0 aromatic rings. The molecule has 0 aromatic carbocycles. The topological polar surface area (TPSA) is 58.5 Å². The molecule has 24 heavy (non-hydrogen) atoms. The maximum absolute atomic E-state index is 5.76. The summed E-state index contributed by atoms with van der Waals surface area (Å²) in [6.07, 6.45) is 12.1. The highest BCUT2D eigenvalue weighted by molar-refractivity contribution is 4.78. The lowest BCUT2D eigenvalue weighted by molar-refractivity contribution is 0.161. The Hall–Kier alpha value is -0.160. The Morgan fingerprint density at radius 1 is 0.833 bits per heavy atom. The highest BCUT2D eigenvalue weighted by Crippen LogP contribution is 2.18. The molecule has 0 amide bonds. The molecule has 4 heteroatoms. The van der Waals surface area contributed by atoms with Crippen LogP contribution < -0.4 is 11.5 Å². The Labute approximate surface area is 151 Å². The predicted octanol–water partition coefficient (Wildman–Crippen LogP) is 3.20. The Kier molecular flexibility index (Phi) is 11.9. The van der Waals surface area contributed by atoms with Gasteiger partial charge in [-0.05, 0) is 65.6 Å². The van der Waals surface area contributed by atoms with Gasteiger partial charge in [0.05, 0.1) is 0 Å². The van der Waals surface area contributed by atoms with Crippen LogP contribution in [-0.2, 0) is 0 Å². The van der Waals surface area contributed by atoms with E-state index in [0.29, 0.717) is 18.1 Å². The van der Waals surface area contributed by atoms with Gasteiger partial charge < -0.3 is 11.5 Å². The zero-order chi connectivity index (χ0) is 17.8. The van der Waals surface area contributed by atoms with E-state index < -0.39 is 0 Å². The van der Waals surface area contributed by atoms with Gasteiger partial charge in [0.25, 0.3) is 0 Å². The fraction of sp³-hybridized carbons (Fsp3) is 1.00. The number of nitrogens with two attached hydrogens (primary N) is 2. The van der Waals surface area contributed by atoms with Crippen LogP contribution in [0.3, 0.4) is 0 Å². The molecule has 2 unspecified atom stereocenters. The van der Waals surface area contributed by atoms with Crippen molar-refractivity contribution in [3.8, 4) is 0 Å². The molecule has 0 aromatic heterocycles. The van der Waals surface area contributed by atoms with Crippen molar-refractivity contribution in [3.63, 3.8) is 0 Å². The fourth-order valence-electron chi connectivity index (χ4n) is 4.22. The van der Waals surface area contributed by atoms with E-state index in [0.717, 1.165) is 13.1 Å². The quantitative estimate of drug-likeness (QED) is 0.807. The van der Waals surface area contributed by atoms with Crippen LogP contribution in [0.2, 0.25) is 0 Å². The Bertz CT molecular complexity index is 293. The van der Waals surface area contributed by atoms with Gasteiger partial charge in [0.1, 0.15) is 0 Å². The van der Waals surface area contributed by atoms with Crippen LogP contribution in [0.15, 0.2) is 0 Å². The minimum absolute atomic E-state index is 0.646. The van der Waals surface area contributed by atoms with Gasteiger partial charge in [-0.1, -0.05) is 32.6 Å². The summed E-state index contributed by atoms with van der Waals surface area (Å²) in [7, 11) is 0. The molecule has 4 N–H and O–H groups in total. The van der Waals surface area contributed by atoms with E-state index in [1.54, 1.807) is 0 Å². The first-order valence-corrected chi connectivity index (χ1v) is 10.5. The van der Waals surface area contributed by atoms with Gasteiger partial charge in [-0.3, -0.25) is 9.80 Å². The third-order valence-electron chi connectivity index (χ3n) is 5.64. The molecule has 2 rings (SSSR count). The smallest absolute Gasteiger partial charge is 0.0221 e. The Morgan fingerprint density at radius 2 is 1.42 bits per heavy atom. The first-order valence-electron chi connectivity index (χ1n) is 10.5. The van der Waals surface area contributed by atoms with Crippen molar-refractivity contribution in [3.05, 3.63) is 0 Å². The lowest BCUT2D eigenvalue weighted by Gasteiger charge is -2.32. The summed E-state index contributed by atoms with van der Waals surface area (Å²) in [5.41, 5.74) is 11.5. The van der Waals surface area contributed by atoms with Crippen molar-refractivity contribution in [1.29, 1.82) is 0 Å². The summed E-state index contributed by atoms with van der Waals surface area (Å²) in [5.74, 6) is 0. The van der Waals surface area contributed by atoms with Crippen LogP contribution >= 0.6 is 0 Å². The molecule has 0 radical (unpaired) electrons. The summed E-state index contributed by atoms with van der Waals surface area (Å²) in [4.78, 5) is 5.14. The number of rotatable bonds is 5. The predicted molar refractivity (Wildman–Crippen MR) is 106 cm³/mol. The van der Waals surface area contributed by atoms with E-state index in [9.17, 15) is 0 Å². The minimum atomic E-state index is 0.646. The average Bonchev–Trinajstić information content (AvgIpc) is 2.95. The van der Waals surface area contributed by atoms with Crippen LogP contribution in [0, 0.1) is 0 Å². The summed E-state index contributed by atoms with van der Waals surface area (Å²) in [6, 6.07) is 1.98. The number of nitrogens with zero attached hydrogens (tertiary/aromatic N) is 2. The monoisotopic (exact) mass is 340 g/mol. The molecule has 2 aliphatic heterocycles. The molecule has 4 nitrogen and oxygen atoms in total. The fourth-order valence-corrected chi connectivity index (χ4v) is 4.22. The molecule has 0 aliphatic carbocycles. The largest absolute Gasteiger partial charge is 0.329 e. The number of hydrogen-bond acceptors (Lipinski definition) is 4. The molecule has 144 valence electrons. The lowest BCUT2D eigenvalue weighted by Crippen LogP contribution is -2.44. The molecule has 2 atom stereocenters. The second-order valence-electron chi connectivity index (χ2n) is 7.85. The van der Waals surface area contributed by atoms with Crippen molar-refractivity contribution >= 4 is 0 Å². The van der Waals surface area contributed by atoms with E-state index in [-0.39, 0.29) is 0 Å². The van der Waals surface area contributed by atoms with Crippen molar-refractivity contribution in [1.82, 2.24) is 9.80 Å². The zero-order valence-electron chi connectivity index (χ0n) is 16.7. The van der Waals surface area contributed by atoms with Crippen LogP contribution in [0.4, 0.5) is 0 Å². The SMILES string of the molecule is CC(C)N1CCCCCC1CN.CCCN1CCCCCC1CN. The molecular formula is C20H44N4. The molecule has 2 heterocycles. The third kappa shape index (κ3) is 7.81. The highest BCUT2D eigenvalue weighted by Gasteiger charge is 2.21. The van der Waals surface area contributed by atoms with E-state index >= 15 is 0 Å². The van der Waals surface area contributed by atoms with Gasteiger partial charge in [-0.2, -0.15) is 0 Å². The number of likely N-dealkylation sites (tertiary alicyclic amines) is 2. The van der Waals surface area contributed by atoms with Gasteiger partial charge >= 0.3 is 0 Å². The third-order valence-corrected chi connectivity index (χ3v) is 5.64. The average molecular weight is 341 g/mol. The van der Waals surface area contributed by atoms with Gasteiger partial charge in [0.15, 0.2) is 0 Å².